The molecule has 0 aliphatic carbocycles. The van der Waals surface area contributed by atoms with Gasteiger partial charge in [-0.15, -0.1) is 0 Å². The molecule has 3 aromatic rings. The van der Waals surface area contributed by atoms with E-state index < -0.39 is 17.7 Å². The van der Waals surface area contributed by atoms with E-state index >= 15 is 0 Å². The van der Waals surface area contributed by atoms with Crippen molar-refractivity contribution in [1.29, 1.82) is 0 Å². The molecule has 0 unspecified atom stereocenters. The van der Waals surface area contributed by atoms with Crippen LogP contribution in [0.4, 0.5) is 16.3 Å². The topological polar surface area (TPSA) is 73.7 Å². The minimum absolute atomic E-state index is 0.0818. The molecular formula is C24H26ClN3O4. The number of carbonyl (C=O) groups excluding carboxylic acids is 2. The predicted molar refractivity (Wildman–Crippen MR) is 124 cm³/mol. The van der Waals surface area contributed by atoms with Gasteiger partial charge in [0.2, 0.25) is 0 Å². The molecule has 0 saturated heterocycles. The fourth-order valence-corrected chi connectivity index (χ4v) is 3.21. The first kappa shape index (κ1) is 23.3. The summed E-state index contributed by atoms with van der Waals surface area (Å²) in [6, 6.07) is 17.9. The zero-order valence-electron chi connectivity index (χ0n) is 18.5. The molecule has 2 aromatic carbocycles. The monoisotopic (exact) mass is 455 g/mol. The minimum atomic E-state index is -0.721. The lowest BCUT2D eigenvalue weighted by molar-refractivity contribution is 0.0517. The molecule has 0 radical (unpaired) electrons. The van der Waals surface area contributed by atoms with Gasteiger partial charge in [0.05, 0.1) is 18.8 Å². The molecule has 1 heterocycles. The van der Waals surface area contributed by atoms with Crippen molar-refractivity contribution in [1.82, 2.24) is 9.78 Å². The zero-order chi connectivity index (χ0) is 23.3. The Bertz CT molecular complexity index is 1090. The number of hydrogen-bond donors (Lipinski definition) is 0. The quantitative estimate of drug-likeness (QED) is 0.437. The molecular weight excluding hydrogens is 430 g/mol. The Labute approximate surface area is 192 Å². The number of aromatic nitrogens is 2. The lowest BCUT2D eigenvalue weighted by Crippen LogP contribution is -2.35. The van der Waals surface area contributed by atoms with Gasteiger partial charge in [-0.05, 0) is 51.5 Å². The largest absolute Gasteiger partial charge is 0.461 e. The summed E-state index contributed by atoms with van der Waals surface area (Å²) < 4.78 is 12.3. The van der Waals surface area contributed by atoms with Crippen LogP contribution in [0, 0.1) is 0 Å². The molecule has 0 saturated carbocycles. The van der Waals surface area contributed by atoms with Gasteiger partial charge < -0.3 is 9.47 Å². The third-order valence-corrected chi connectivity index (χ3v) is 4.71. The summed E-state index contributed by atoms with van der Waals surface area (Å²) in [6.07, 6.45) is -0.598. The van der Waals surface area contributed by atoms with E-state index in [0.29, 0.717) is 16.5 Å². The number of esters is 1. The summed E-state index contributed by atoms with van der Waals surface area (Å²) in [5.41, 5.74) is 0.712. The van der Waals surface area contributed by atoms with E-state index in [1.165, 1.54) is 11.0 Å². The van der Waals surface area contributed by atoms with Gasteiger partial charge in [0.25, 0.3) is 0 Å². The molecule has 1 aromatic heterocycles. The number of rotatable bonds is 6. The Balaban J connectivity index is 2.14. The first-order chi connectivity index (χ1) is 15.2. The van der Waals surface area contributed by atoms with Crippen LogP contribution in [0.5, 0.6) is 0 Å². The highest BCUT2D eigenvalue weighted by Gasteiger charge is 2.29. The van der Waals surface area contributed by atoms with Gasteiger partial charge in [-0.2, -0.15) is 5.10 Å². The van der Waals surface area contributed by atoms with Crippen molar-refractivity contribution in [3.63, 3.8) is 0 Å². The molecule has 1 amide bonds. The summed E-state index contributed by atoms with van der Waals surface area (Å²) >= 11 is 6.35. The molecule has 0 fully saturated rings. The van der Waals surface area contributed by atoms with Crippen molar-refractivity contribution in [3.05, 3.63) is 76.9 Å². The number of amides is 1. The highest BCUT2D eigenvalue weighted by atomic mass is 35.5. The van der Waals surface area contributed by atoms with E-state index in [1.54, 1.807) is 50.6 Å². The Morgan fingerprint density at radius 3 is 2.34 bits per heavy atom. The smallest absolute Gasteiger partial charge is 0.420 e. The number of nitrogens with zero attached hydrogens (tertiary/aromatic N) is 3. The second kappa shape index (κ2) is 9.87. The van der Waals surface area contributed by atoms with E-state index in [4.69, 9.17) is 21.1 Å². The van der Waals surface area contributed by atoms with Crippen molar-refractivity contribution in [2.24, 2.45) is 0 Å². The summed E-state index contributed by atoms with van der Waals surface area (Å²) in [5.74, 6) is -0.225. The van der Waals surface area contributed by atoms with Crippen LogP contribution in [0.25, 0.3) is 0 Å². The first-order valence-corrected chi connectivity index (χ1v) is 10.6. The molecule has 168 valence electrons. The third kappa shape index (κ3) is 5.68. The molecule has 7 nitrogen and oxygen atoms in total. The van der Waals surface area contributed by atoms with Gasteiger partial charge in [-0.3, -0.25) is 0 Å². The lowest BCUT2D eigenvalue weighted by atomic mass is 10.2. The lowest BCUT2D eigenvalue weighted by Gasteiger charge is -2.27. The summed E-state index contributed by atoms with van der Waals surface area (Å²) in [4.78, 5) is 27.1. The van der Waals surface area contributed by atoms with Crippen molar-refractivity contribution in [2.75, 3.05) is 11.5 Å². The third-order valence-electron chi connectivity index (χ3n) is 4.34. The van der Waals surface area contributed by atoms with E-state index in [1.807, 2.05) is 36.4 Å². The summed E-state index contributed by atoms with van der Waals surface area (Å²) in [5, 5.41) is 4.98. The molecule has 8 heteroatoms. The maximum atomic E-state index is 13.3. The predicted octanol–water partition coefficient (Wildman–Crippen LogP) is 5.83. The number of carbonyl (C=O) groups is 2. The Morgan fingerprint density at radius 1 is 1.06 bits per heavy atom. The fraction of sp³-hybridized carbons (Fsp3) is 0.292. The standard InChI is InChI=1S/C24H26ClN3O4/c1-5-31-22(29)20-15-21(27(26-20)16-17-11-9-10-14-19(17)25)28(18-12-7-6-8-13-18)23(30)32-24(2,3)4/h6-15H,5,16H2,1-4H3. The number of benzene rings is 2. The fourth-order valence-electron chi connectivity index (χ4n) is 3.01. The molecule has 0 spiro atoms. The Kier molecular flexibility index (Phi) is 7.20. The van der Waals surface area contributed by atoms with E-state index in [2.05, 4.69) is 5.10 Å². The van der Waals surface area contributed by atoms with Gasteiger partial charge in [-0.1, -0.05) is 48.0 Å². The minimum Gasteiger partial charge on any atom is -0.461 e. The van der Waals surface area contributed by atoms with Crippen LogP contribution in [0.1, 0.15) is 43.7 Å². The van der Waals surface area contributed by atoms with Gasteiger partial charge in [-0.25, -0.2) is 19.2 Å². The van der Waals surface area contributed by atoms with Gasteiger partial charge >= 0.3 is 12.1 Å². The van der Waals surface area contributed by atoms with Crippen molar-refractivity contribution in [3.8, 4) is 0 Å². The average molecular weight is 456 g/mol. The first-order valence-electron chi connectivity index (χ1n) is 10.3. The maximum Gasteiger partial charge on any atom is 0.420 e. The van der Waals surface area contributed by atoms with Gasteiger partial charge in [0, 0.05) is 11.1 Å². The summed E-state index contributed by atoms with van der Waals surface area (Å²) in [7, 11) is 0. The molecule has 0 N–H and O–H groups in total. The average Bonchev–Trinajstić information content (AvgIpc) is 3.13. The molecule has 0 aliphatic rings. The molecule has 0 atom stereocenters. The molecule has 32 heavy (non-hydrogen) atoms. The number of hydrogen-bond acceptors (Lipinski definition) is 5. The van der Waals surface area contributed by atoms with E-state index in [9.17, 15) is 9.59 Å². The Morgan fingerprint density at radius 2 is 1.72 bits per heavy atom. The van der Waals surface area contributed by atoms with Crippen LogP contribution in [-0.2, 0) is 16.0 Å². The van der Waals surface area contributed by atoms with E-state index in [0.717, 1.165) is 5.56 Å². The van der Waals surface area contributed by atoms with Crippen LogP contribution in [0.3, 0.4) is 0 Å². The van der Waals surface area contributed by atoms with E-state index in [-0.39, 0.29) is 18.8 Å². The van der Waals surface area contributed by atoms with Crippen molar-refractivity contribution in [2.45, 2.75) is 39.8 Å². The van der Waals surface area contributed by atoms with Crippen molar-refractivity contribution >= 4 is 35.2 Å². The summed E-state index contributed by atoms with van der Waals surface area (Å²) in [6.45, 7) is 7.54. The number of ether oxygens (including phenoxy) is 2. The molecule has 0 aliphatic heterocycles. The highest BCUT2D eigenvalue weighted by molar-refractivity contribution is 6.31. The normalized spacial score (nSPS) is 11.2. The molecule has 0 bridgehead atoms. The van der Waals surface area contributed by atoms with Crippen molar-refractivity contribution < 1.29 is 19.1 Å². The van der Waals surface area contributed by atoms with Gasteiger partial charge in [0.15, 0.2) is 5.69 Å². The number of halogens is 1. The second-order valence-electron chi connectivity index (χ2n) is 8.01. The van der Waals surface area contributed by atoms with Crippen LogP contribution in [0.2, 0.25) is 5.02 Å². The highest BCUT2D eigenvalue weighted by Crippen LogP contribution is 2.30. The van der Waals surface area contributed by atoms with Crippen LogP contribution >= 0.6 is 11.6 Å². The van der Waals surface area contributed by atoms with Crippen LogP contribution in [-0.4, -0.2) is 34.1 Å². The Hall–Kier alpha value is -3.32. The maximum absolute atomic E-state index is 13.3. The van der Waals surface area contributed by atoms with Crippen LogP contribution < -0.4 is 4.90 Å². The zero-order valence-corrected chi connectivity index (χ0v) is 19.3. The van der Waals surface area contributed by atoms with Crippen LogP contribution in [0.15, 0.2) is 60.7 Å². The second-order valence-corrected chi connectivity index (χ2v) is 8.42. The van der Waals surface area contributed by atoms with Gasteiger partial charge in [0.1, 0.15) is 11.4 Å². The SMILES string of the molecule is CCOC(=O)c1cc(N(C(=O)OC(C)(C)C)c2ccccc2)n(Cc2ccccc2Cl)n1. The number of para-hydroxylation sites is 1. The molecule has 3 rings (SSSR count). The number of anilines is 2.